The van der Waals surface area contributed by atoms with Crippen molar-refractivity contribution < 1.29 is 25.3 Å². The summed E-state index contributed by atoms with van der Waals surface area (Å²) >= 11 is 0. The third-order valence-electron chi connectivity index (χ3n) is 5.12. The lowest BCUT2D eigenvalue weighted by Crippen LogP contribution is -2.44. The Morgan fingerprint density at radius 1 is 0.933 bits per heavy atom. The topological polar surface area (TPSA) is 140 Å². The number of rotatable bonds is 7. The predicted molar refractivity (Wildman–Crippen MR) is 114 cm³/mol. The summed E-state index contributed by atoms with van der Waals surface area (Å²) in [6.45, 7) is 2.19. The van der Waals surface area contributed by atoms with Crippen LogP contribution in [0.2, 0.25) is 0 Å². The first-order chi connectivity index (χ1) is 13.9. The molecule has 0 saturated carbocycles. The van der Waals surface area contributed by atoms with Crippen LogP contribution in [-0.4, -0.2) is 54.6 Å². The highest BCUT2D eigenvalue weighted by molar-refractivity contribution is 7.96. The summed E-state index contributed by atoms with van der Waals surface area (Å²) in [7, 11) is -11.1. The van der Waals surface area contributed by atoms with Gasteiger partial charge < -0.3 is 5.32 Å². The maximum Gasteiger partial charge on any atom is 0.238 e. The number of aryl methyl sites for hydroxylation is 1. The third kappa shape index (κ3) is 5.27. The second kappa shape index (κ2) is 8.39. The van der Waals surface area contributed by atoms with Crippen molar-refractivity contribution in [2.45, 2.75) is 34.4 Å². The summed E-state index contributed by atoms with van der Waals surface area (Å²) in [6.07, 6.45) is 0.471. The molecule has 2 aromatic rings. The van der Waals surface area contributed by atoms with Crippen molar-refractivity contribution in [3.63, 3.8) is 0 Å². The predicted octanol–water partition coefficient (Wildman–Crippen LogP) is 0.414. The molecule has 0 amide bonds. The summed E-state index contributed by atoms with van der Waals surface area (Å²) in [5, 5.41) is 7.08. The van der Waals surface area contributed by atoms with Gasteiger partial charge in [0.2, 0.25) is 10.0 Å². The van der Waals surface area contributed by atoms with Crippen LogP contribution in [0, 0.1) is 6.92 Å². The number of nitrogens with two attached hydrogens (primary N) is 1. The molecule has 3 N–H and O–H groups in total. The molecule has 0 aromatic heterocycles. The average Bonchev–Trinajstić information content (AvgIpc) is 2.97. The molecule has 1 aliphatic rings. The van der Waals surface area contributed by atoms with E-state index < -0.39 is 46.7 Å². The van der Waals surface area contributed by atoms with E-state index >= 15 is 0 Å². The Morgan fingerprint density at radius 2 is 1.50 bits per heavy atom. The molecule has 0 aliphatic carbocycles. The lowest BCUT2D eigenvalue weighted by Gasteiger charge is -2.20. The van der Waals surface area contributed by atoms with Crippen molar-refractivity contribution in [2.75, 3.05) is 18.1 Å². The van der Waals surface area contributed by atoms with Gasteiger partial charge in [-0.2, -0.15) is 0 Å². The molecule has 11 heteroatoms. The van der Waals surface area contributed by atoms with E-state index in [4.69, 9.17) is 5.14 Å². The van der Waals surface area contributed by atoms with E-state index in [1.165, 1.54) is 24.3 Å². The average molecular weight is 473 g/mol. The van der Waals surface area contributed by atoms with E-state index in [0.29, 0.717) is 13.0 Å². The van der Waals surface area contributed by atoms with Crippen LogP contribution in [0.3, 0.4) is 0 Å². The molecule has 8 nitrogen and oxygen atoms in total. The summed E-state index contributed by atoms with van der Waals surface area (Å²) in [6, 6.07) is 11.7. The SMILES string of the molecule is Cc1ccc(S(=O)(=O)C2CS(=O)(=O)CC2NCCc2ccc(S(N)(=O)=O)cc2)cc1. The molecule has 30 heavy (non-hydrogen) atoms. The van der Waals surface area contributed by atoms with Gasteiger partial charge in [0.15, 0.2) is 19.7 Å². The molecular weight excluding hydrogens is 448 g/mol. The van der Waals surface area contributed by atoms with E-state index in [9.17, 15) is 25.3 Å². The van der Waals surface area contributed by atoms with Crippen LogP contribution in [0.15, 0.2) is 58.3 Å². The Labute approximate surface area is 177 Å². The van der Waals surface area contributed by atoms with Crippen molar-refractivity contribution in [2.24, 2.45) is 5.14 Å². The Bertz CT molecular complexity index is 1220. The molecule has 2 unspecified atom stereocenters. The summed E-state index contributed by atoms with van der Waals surface area (Å²) < 4.78 is 73.0. The zero-order valence-electron chi connectivity index (χ0n) is 16.4. The number of hydrogen-bond donors (Lipinski definition) is 2. The molecule has 2 aromatic carbocycles. The second-order valence-electron chi connectivity index (χ2n) is 7.47. The highest BCUT2D eigenvalue weighted by atomic mass is 32.2. The normalized spacial score (nSPS) is 21.5. The van der Waals surface area contributed by atoms with E-state index in [1.54, 1.807) is 24.3 Å². The van der Waals surface area contributed by atoms with Crippen molar-refractivity contribution in [3.05, 3.63) is 59.7 Å². The largest absolute Gasteiger partial charge is 0.311 e. The number of sulfone groups is 2. The molecule has 1 saturated heterocycles. The molecule has 0 radical (unpaired) electrons. The van der Waals surface area contributed by atoms with Crippen LogP contribution in [-0.2, 0) is 36.1 Å². The lowest BCUT2D eigenvalue weighted by atomic mass is 10.1. The van der Waals surface area contributed by atoms with Crippen LogP contribution in [0.5, 0.6) is 0 Å². The standard InChI is InChI=1S/C19H24N2O6S3/c1-14-2-6-16(7-3-14)29(24,25)19-13-28(22,23)12-18(19)21-11-10-15-4-8-17(9-5-15)30(20,26)27/h2-9,18-19,21H,10-13H2,1H3,(H2,20,26,27). The third-order valence-corrected chi connectivity index (χ3v) is 10.2. The van der Waals surface area contributed by atoms with Gasteiger partial charge in [-0.3, -0.25) is 0 Å². The van der Waals surface area contributed by atoms with Crippen molar-refractivity contribution in [1.29, 1.82) is 0 Å². The van der Waals surface area contributed by atoms with Crippen molar-refractivity contribution in [1.82, 2.24) is 5.32 Å². The van der Waals surface area contributed by atoms with Gasteiger partial charge in [0, 0.05) is 6.04 Å². The fourth-order valence-corrected chi connectivity index (χ4v) is 8.69. The van der Waals surface area contributed by atoms with Crippen LogP contribution < -0.4 is 10.5 Å². The van der Waals surface area contributed by atoms with Gasteiger partial charge in [-0.05, 0) is 49.7 Å². The highest BCUT2D eigenvalue weighted by Crippen LogP contribution is 2.26. The highest BCUT2D eigenvalue weighted by Gasteiger charge is 2.45. The van der Waals surface area contributed by atoms with Crippen LogP contribution >= 0.6 is 0 Å². The Balaban J connectivity index is 1.71. The second-order valence-corrected chi connectivity index (χ2v) is 13.4. The quantitative estimate of drug-likeness (QED) is 0.595. The van der Waals surface area contributed by atoms with Gasteiger partial charge in [0.05, 0.1) is 26.5 Å². The molecule has 1 heterocycles. The van der Waals surface area contributed by atoms with E-state index in [-0.39, 0.29) is 15.5 Å². The zero-order valence-corrected chi connectivity index (χ0v) is 18.8. The minimum Gasteiger partial charge on any atom is -0.311 e. The van der Waals surface area contributed by atoms with Gasteiger partial charge in [0.25, 0.3) is 0 Å². The van der Waals surface area contributed by atoms with Crippen molar-refractivity contribution >= 4 is 29.7 Å². The molecule has 2 atom stereocenters. The smallest absolute Gasteiger partial charge is 0.238 e. The van der Waals surface area contributed by atoms with Crippen LogP contribution in [0.4, 0.5) is 0 Å². The Kier molecular flexibility index (Phi) is 6.40. The van der Waals surface area contributed by atoms with Gasteiger partial charge in [-0.15, -0.1) is 0 Å². The van der Waals surface area contributed by atoms with E-state index in [2.05, 4.69) is 5.32 Å². The van der Waals surface area contributed by atoms with Crippen LogP contribution in [0.25, 0.3) is 0 Å². The van der Waals surface area contributed by atoms with Gasteiger partial charge >= 0.3 is 0 Å². The number of hydrogen-bond acceptors (Lipinski definition) is 7. The zero-order chi connectivity index (χ0) is 22.2. The summed E-state index contributed by atoms with van der Waals surface area (Å²) in [5.74, 6) is -0.656. The number of benzene rings is 2. The maximum atomic E-state index is 13.0. The molecule has 3 rings (SSSR count). The van der Waals surface area contributed by atoms with Crippen LogP contribution in [0.1, 0.15) is 11.1 Å². The monoisotopic (exact) mass is 472 g/mol. The fourth-order valence-electron chi connectivity index (χ4n) is 3.46. The van der Waals surface area contributed by atoms with E-state index in [1.807, 2.05) is 6.92 Å². The minimum atomic E-state index is -3.81. The summed E-state index contributed by atoms with van der Waals surface area (Å²) in [5.41, 5.74) is 1.73. The molecule has 164 valence electrons. The molecular formula is C19H24N2O6S3. The summed E-state index contributed by atoms with van der Waals surface area (Å²) in [4.78, 5) is 0.117. The Morgan fingerprint density at radius 3 is 2.07 bits per heavy atom. The first-order valence-electron chi connectivity index (χ1n) is 9.25. The van der Waals surface area contributed by atoms with Gasteiger partial charge in [-0.25, -0.2) is 30.4 Å². The minimum absolute atomic E-state index is 0.00495. The number of primary sulfonamides is 1. The Hall–Kier alpha value is -1.79. The molecule has 1 aliphatic heterocycles. The molecule has 0 spiro atoms. The first-order valence-corrected chi connectivity index (χ1v) is 14.2. The van der Waals surface area contributed by atoms with E-state index in [0.717, 1.165) is 11.1 Å². The maximum absolute atomic E-state index is 13.0. The lowest BCUT2D eigenvalue weighted by molar-refractivity contribution is 0.528. The molecule has 0 bridgehead atoms. The first kappa shape index (κ1) is 22.9. The number of nitrogens with one attached hydrogen (secondary N) is 1. The van der Waals surface area contributed by atoms with Gasteiger partial charge in [0.1, 0.15) is 0 Å². The number of sulfonamides is 1. The molecule has 1 fully saturated rings. The van der Waals surface area contributed by atoms with Gasteiger partial charge in [-0.1, -0.05) is 29.8 Å². The van der Waals surface area contributed by atoms with Crippen molar-refractivity contribution in [3.8, 4) is 0 Å². The fraction of sp³-hybridized carbons (Fsp3) is 0.368.